The van der Waals surface area contributed by atoms with Gasteiger partial charge in [0, 0.05) is 9.35 Å². The molecular formula is C19H12BrNO3S. The molecule has 0 saturated carbocycles. The number of fused-ring (bicyclic) bond motifs is 1. The molecule has 1 unspecified atom stereocenters. The average molecular weight is 414 g/mol. The minimum absolute atomic E-state index is 0.114. The van der Waals surface area contributed by atoms with E-state index in [2.05, 4.69) is 15.9 Å². The number of aromatic hydroxyl groups is 1. The molecule has 0 bridgehead atoms. The lowest BCUT2D eigenvalue weighted by Crippen LogP contribution is -2.34. The van der Waals surface area contributed by atoms with E-state index in [4.69, 9.17) is 0 Å². The van der Waals surface area contributed by atoms with Crippen LogP contribution in [0.25, 0.3) is 0 Å². The van der Waals surface area contributed by atoms with E-state index < -0.39 is 6.04 Å². The number of nitrogens with zero attached hydrogens (tertiary/aromatic N) is 1. The summed E-state index contributed by atoms with van der Waals surface area (Å²) in [6.45, 7) is 0. The van der Waals surface area contributed by atoms with Crippen molar-refractivity contribution in [1.29, 1.82) is 0 Å². The summed E-state index contributed by atoms with van der Waals surface area (Å²) >= 11 is 4.93. The highest BCUT2D eigenvalue weighted by atomic mass is 79.9. The topological polar surface area (TPSA) is 57.6 Å². The molecule has 2 heterocycles. The Morgan fingerprint density at radius 1 is 0.960 bits per heavy atom. The van der Waals surface area contributed by atoms with E-state index in [0.29, 0.717) is 15.6 Å². The highest BCUT2D eigenvalue weighted by Gasteiger charge is 2.41. The van der Waals surface area contributed by atoms with Crippen LogP contribution in [0.4, 0.5) is 0 Å². The number of thiophene rings is 1. The Kier molecular flexibility index (Phi) is 3.94. The first-order valence-electron chi connectivity index (χ1n) is 7.56. The average Bonchev–Trinajstić information content (AvgIpc) is 3.21. The van der Waals surface area contributed by atoms with Crippen molar-refractivity contribution in [3.63, 3.8) is 0 Å². The van der Waals surface area contributed by atoms with E-state index in [-0.39, 0.29) is 17.6 Å². The summed E-state index contributed by atoms with van der Waals surface area (Å²) in [4.78, 5) is 28.1. The molecule has 0 fully saturated rings. The first-order chi connectivity index (χ1) is 12.1. The van der Waals surface area contributed by atoms with Crippen LogP contribution in [0.15, 0.2) is 64.5 Å². The molecule has 0 radical (unpaired) electrons. The normalized spacial score (nSPS) is 14.7. The Morgan fingerprint density at radius 2 is 1.64 bits per heavy atom. The Bertz CT molecular complexity index is 949. The highest BCUT2D eigenvalue weighted by molar-refractivity contribution is 9.10. The van der Waals surface area contributed by atoms with Gasteiger partial charge in [0.25, 0.3) is 11.8 Å². The maximum absolute atomic E-state index is 12.9. The first-order valence-corrected chi connectivity index (χ1v) is 9.24. The number of carbonyl (C=O) groups excluding carboxylic acids is 2. The van der Waals surface area contributed by atoms with E-state index in [0.717, 1.165) is 10.4 Å². The van der Waals surface area contributed by atoms with Gasteiger partial charge in [0.15, 0.2) is 0 Å². The van der Waals surface area contributed by atoms with Crippen LogP contribution in [0.3, 0.4) is 0 Å². The minimum atomic E-state index is -0.553. The summed E-state index contributed by atoms with van der Waals surface area (Å²) in [5, 5.41) is 11.6. The second kappa shape index (κ2) is 6.13. The summed E-state index contributed by atoms with van der Waals surface area (Å²) < 4.78 is 0.641. The molecular weight excluding hydrogens is 402 g/mol. The van der Waals surface area contributed by atoms with Crippen LogP contribution in [-0.4, -0.2) is 21.8 Å². The molecule has 4 rings (SSSR count). The van der Waals surface area contributed by atoms with E-state index >= 15 is 0 Å². The third-order valence-corrected chi connectivity index (χ3v) is 5.79. The van der Waals surface area contributed by atoms with Crippen LogP contribution in [0.2, 0.25) is 0 Å². The SMILES string of the molecule is O=C1c2ccccc2C(=O)N1C(c1cccs1)c1ccc(O)cc1Br. The number of phenolic OH excluding ortho intramolecular Hbond substituents is 1. The fourth-order valence-electron chi connectivity index (χ4n) is 3.05. The van der Waals surface area contributed by atoms with Gasteiger partial charge in [0.05, 0.1) is 11.1 Å². The third kappa shape index (κ3) is 2.58. The smallest absolute Gasteiger partial charge is 0.262 e. The van der Waals surface area contributed by atoms with E-state index in [1.165, 1.54) is 16.2 Å². The number of amides is 2. The molecule has 1 N–H and O–H groups in total. The third-order valence-electron chi connectivity index (χ3n) is 4.17. The predicted molar refractivity (Wildman–Crippen MR) is 98.9 cm³/mol. The lowest BCUT2D eigenvalue weighted by Gasteiger charge is -2.26. The zero-order valence-electron chi connectivity index (χ0n) is 12.8. The lowest BCUT2D eigenvalue weighted by molar-refractivity contribution is 0.0610. The van der Waals surface area contributed by atoms with Gasteiger partial charge in [-0.2, -0.15) is 0 Å². The zero-order valence-corrected chi connectivity index (χ0v) is 15.3. The van der Waals surface area contributed by atoms with Gasteiger partial charge in [0.2, 0.25) is 0 Å². The first kappa shape index (κ1) is 16.1. The molecule has 1 aliphatic heterocycles. The fraction of sp³-hybridized carbons (Fsp3) is 0.0526. The van der Waals surface area contributed by atoms with E-state index in [1.807, 2.05) is 17.5 Å². The van der Waals surface area contributed by atoms with Gasteiger partial charge < -0.3 is 5.11 Å². The quantitative estimate of drug-likeness (QED) is 0.638. The Hall–Kier alpha value is -2.44. The summed E-state index contributed by atoms with van der Waals surface area (Å²) in [7, 11) is 0. The number of hydrogen-bond acceptors (Lipinski definition) is 4. The molecule has 0 aliphatic carbocycles. The van der Waals surface area contributed by atoms with Crippen molar-refractivity contribution in [3.8, 4) is 5.75 Å². The van der Waals surface area contributed by atoms with Gasteiger partial charge >= 0.3 is 0 Å². The molecule has 3 aromatic rings. The summed E-state index contributed by atoms with van der Waals surface area (Å²) in [5.41, 5.74) is 1.59. The predicted octanol–water partition coefficient (Wildman–Crippen LogP) is 4.60. The van der Waals surface area contributed by atoms with E-state index in [1.54, 1.807) is 42.5 Å². The monoisotopic (exact) mass is 413 g/mol. The Labute approximate surface area is 156 Å². The van der Waals surface area contributed by atoms with Crippen LogP contribution in [0.5, 0.6) is 5.75 Å². The van der Waals surface area contributed by atoms with Crippen LogP contribution < -0.4 is 0 Å². The molecule has 2 aromatic carbocycles. The Morgan fingerprint density at radius 3 is 2.20 bits per heavy atom. The van der Waals surface area contributed by atoms with Crippen molar-refractivity contribution in [2.75, 3.05) is 0 Å². The molecule has 2 amide bonds. The maximum Gasteiger partial charge on any atom is 0.262 e. The highest BCUT2D eigenvalue weighted by Crippen LogP contribution is 2.40. The number of hydrogen-bond donors (Lipinski definition) is 1. The second-order valence-corrected chi connectivity index (χ2v) is 7.48. The van der Waals surface area contributed by atoms with Gasteiger partial charge in [-0.05, 0) is 41.3 Å². The number of rotatable bonds is 3. The molecule has 0 spiro atoms. The van der Waals surface area contributed by atoms with Gasteiger partial charge in [-0.3, -0.25) is 14.5 Å². The van der Waals surface area contributed by atoms with E-state index in [9.17, 15) is 14.7 Å². The summed E-state index contributed by atoms with van der Waals surface area (Å²) in [6, 6.07) is 14.9. The second-order valence-electron chi connectivity index (χ2n) is 5.65. The molecule has 1 atom stereocenters. The lowest BCUT2D eigenvalue weighted by atomic mass is 10.0. The van der Waals surface area contributed by atoms with Gasteiger partial charge in [-0.25, -0.2) is 0 Å². The molecule has 0 saturated heterocycles. The summed E-state index contributed by atoms with van der Waals surface area (Å²) in [5.74, 6) is -0.499. The van der Waals surface area contributed by atoms with Crippen LogP contribution >= 0.6 is 27.3 Å². The van der Waals surface area contributed by atoms with Crippen LogP contribution in [-0.2, 0) is 0 Å². The van der Waals surface area contributed by atoms with Gasteiger partial charge in [0.1, 0.15) is 11.8 Å². The Balaban J connectivity index is 1.89. The zero-order chi connectivity index (χ0) is 17.6. The maximum atomic E-state index is 12.9. The van der Waals surface area contributed by atoms with Crippen LogP contribution in [0, 0.1) is 0 Å². The molecule has 1 aromatic heterocycles. The fourth-order valence-corrected chi connectivity index (χ4v) is 4.46. The molecule has 1 aliphatic rings. The van der Waals surface area contributed by atoms with Crippen molar-refractivity contribution in [1.82, 2.24) is 4.90 Å². The number of halogens is 1. The number of benzene rings is 2. The number of imide groups is 1. The molecule has 4 nitrogen and oxygen atoms in total. The van der Waals surface area contributed by atoms with Crippen molar-refractivity contribution in [3.05, 3.63) is 86.0 Å². The van der Waals surface area contributed by atoms with Crippen molar-refractivity contribution < 1.29 is 14.7 Å². The molecule has 6 heteroatoms. The van der Waals surface area contributed by atoms with Crippen molar-refractivity contribution in [2.24, 2.45) is 0 Å². The number of phenols is 1. The van der Waals surface area contributed by atoms with Gasteiger partial charge in [-0.15, -0.1) is 11.3 Å². The standard InChI is InChI=1S/C19H12BrNO3S/c20-15-10-11(22)7-8-14(15)17(16-6-3-9-25-16)21-18(23)12-4-1-2-5-13(12)19(21)24/h1-10,17,22H. The molecule has 124 valence electrons. The largest absolute Gasteiger partial charge is 0.508 e. The van der Waals surface area contributed by atoms with Crippen LogP contribution in [0.1, 0.15) is 37.2 Å². The minimum Gasteiger partial charge on any atom is -0.508 e. The summed E-state index contributed by atoms with van der Waals surface area (Å²) in [6.07, 6.45) is 0. The van der Waals surface area contributed by atoms with Gasteiger partial charge in [-0.1, -0.05) is 40.2 Å². The number of carbonyl (C=O) groups is 2. The van der Waals surface area contributed by atoms with Crippen molar-refractivity contribution >= 4 is 39.1 Å². The van der Waals surface area contributed by atoms with Crippen molar-refractivity contribution in [2.45, 2.75) is 6.04 Å². The molecule has 25 heavy (non-hydrogen) atoms.